The van der Waals surface area contributed by atoms with Crippen LogP contribution in [0.15, 0.2) is 24.3 Å². The zero-order valence-electron chi connectivity index (χ0n) is 11.1. The van der Waals surface area contributed by atoms with Crippen molar-refractivity contribution in [2.45, 2.75) is 19.6 Å². The predicted octanol–water partition coefficient (Wildman–Crippen LogP) is 1.93. The highest BCUT2D eigenvalue weighted by Gasteiger charge is 2.32. The van der Waals surface area contributed by atoms with Gasteiger partial charge in [-0.25, -0.2) is 0 Å². The summed E-state index contributed by atoms with van der Waals surface area (Å²) in [6, 6.07) is 6.70. The Balaban J connectivity index is 2.52. The number of likely N-dealkylation sites (N-methyl/N-ethyl adjacent to an activating group) is 1. The second kappa shape index (κ2) is 7.14. The Bertz CT molecular complexity index is 432. The summed E-state index contributed by atoms with van der Waals surface area (Å²) in [7, 11) is 0. The average Bonchev–Trinajstić information content (AvgIpc) is 2.41. The van der Waals surface area contributed by atoms with E-state index in [2.05, 4.69) is 0 Å². The van der Waals surface area contributed by atoms with E-state index < -0.39 is 25.2 Å². The van der Waals surface area contributed by atoms with Gasteiger partial charge in [0, 0.05) is 13.1 Å². The smallest absolute Gasteiger partial charge is 0.406 e. The Kier molecular flexibility index (Phi) is 5.82. The largest absolute Gasteiger partial charge is 0.484 e. The SMILES string of the molecule is CCN(CC(F)(F)F)C(=O)COc1ccc(CN)cc1. The molecule has 0 fully saturated rings. The van der Waals surface area contributed by atoms with Crippen molar-refractivity contribution in [2.24, 2.45) is 5.73 Å². The molecule has 1 aromatic rings. The van der Waals surface area contributed by atoms with Gasteiger partial charge in [0.15, 0.2) is 6.61 Å². The van der Waals surface area contributed by atoms with E-state index in [-0.39, 0.29) is 6.54 Å². The number of carbonyl (C=O) groups excluding carboxylic acids is 1. The van der Waals surface area contributed by atoms with Crippen LogP contribution in [0.25, 0.3) is 0 Å². The second-order valence-electron chi connectivity index (χ2n) is 4.16. The third kappa shape index (κ3) is 5.48. The molecule has 1 amide bonds. The van der Waals surface area contributed by atoms with Gasteiger partial charge < -0.3 is 15.4 Å². The summed E-state index contributed by atoms with van der Waals surface area (Å²) in [6.45, 7) is 0.158. The van der Waals surface area contributed by atoms with Crippen LogP contribution in [-0.2, 0) is 11.3 Å². The zero-order chi connectivity index (χ0) is 15.2. The first-order valence-electron chi connectivity index (χ1n) is 6.12. The van der Waals surface area contributed by atoms with E-state index >= 15 is 0 Å². The molecule has 0 aliphatic heterocycles. The number of carbonyl (C=O) groups is 1. The molecule has 0 radical (unpaired) electrons. The Labute approximate surface area is 115 Å². The van der Waals surface area contributed by atoms with Gasteiger partial charge in [-0.05, 0) is 24.6 Å². The van der Waals surface area contributed by atoms with E-state index in [1.807, 2.05) is 0 Å². The highest BCUT2D eigenvalue weighted by molar-refractivity contribution is 5.77. The molecule has 20 heavy (non-hydrogen) atoms. The Hall–Kier alpha value is -1.76. The van der Waals surface area contributed by atoms with Crippen molar-refractivity contribution < 1.29 is 22.7 Å². The summed E-state index contributed by atoms with van der Waals surface area (Å²) >= 11 is 0. The van der Waals surface area contributed by atoms with Crippen molar-refractivity contribution in [3.63, 3.8) is 0 Å². The average molecular weight is 290 g/mol. The lowest BCUT2D eigenvalue weighted by Crippen LogP contribution is -2.41. The van der Waals surface area contributed by atoms with Gasteiger partial charge in [-0.2, -0.15) is 13.2 Å². The van der Waals surface area contributed by atoms with E-state index in [0.29, 0.717) is 17.2 Å². The maximum Gasteiger partial charge on any atom is 0.406 e. The maximum atomic E-state index is 12.3. The molecule has 0 aromatic heterocycles. The Morgan fingerprint density at radius 2 is 1.90 bits per heavy atom. The number of nitrogens with zero attached hydrogens (tertiary/aromatic N) is 1. The van der Waals surface area contributed by atoms with Crippen molar-refractivity contribution in [1.29, 1.82) is 0 Å². The third-order valence-corrected chi connectivity index (χ3v) is 2.63. The Morgan fingerprint density at radius 3 is 2.35 bits per heavy atom. The molecular formula is C13H17F3N2O2. The molecule has 1 rings (SSSR count). The van der Waals surface area contributed by atoms with Crippen LogP contribution in [-0.4, -0.2) is 36.7 Å². The van der Waals surface area contributed by atoms with Crippen LogP contribution in [0.4, 0.5) is 13.2 Å². The van der Waals surface area contributed by atoms with Crippen molar-refractivity contribution in [3.05, 3.63) is 29.8 Å². The fourth-order valence-electron chi connectivity index (χ4n) is 1.55. The first-order valence-corrected chi connectivity index (χ1v) is 6.12. The van der Waals surface area contributed by atoms with Crippen LogP contribution in [0.2, 0.25) is 0 Å². The zero-order valence-corrected chi connectivity index (χ0v) is 11.1. The maximum absolute atomic E-state index is 12.3. The molecule has 0 unspecified atom stereocenters. The number of hydrogen-bond acceptors (Lipinski definition) is 3. The van der Waals surface area contributed by atoms with E-state index in [1.54, 1.807) is 24.3 Å². The van der Waals surface area contributed by atoms with Gasteiger partial charge in [0.1, 0.15) is 12.3 Å². The van der Waals surface area contributed by atoms with Gasteiger partial charge in [0.2, 0.25) is 0 Å². The normalized spacial score (nSPS) is 11.2. The van der Waals surface area contributed by atoms with Crippen molar-refractivity contribution in [2.75, 3.05) is 19.7 Å². The molecule has 0 bridgehead atoms. The van der Waals surface area contributed by atoms with Crippen molar-refractivity contribution >= 4 is 5.91 Å². The number of halogens is 3. The molecule has 0 aliphatic carbocycles. The van der Waals surface area contributed by atoms with Crippen LogP contribution >= 0.6 is 0 Å². The highest BCUT2D eigenvalue weighted by atomic mass is 19.4. The molecule has 0 atom stereocenters. The molecule has 1 aromatic carbocycles. The molecule has 0 aliphatic rings. The minimum Gasteiger partial charge on any atom is -0.484 e. The second-order valence-corrected chi connectivity index (χ2v) is 4.16. The van der Waals surface area contributed by atoms with Crippen LogP contribution in [0.5, 0.6) is 5.75 Å². The van der Waals surface area contributed by atoms with Crippen LogP contribution < -0.4 is 10.5 Å². The molecule has 2 N–H and O–H groups in total. The first-order chi connectivity index (χ1) is 9.35. The third-order valence-electron chi connectivity index (χ3n) is 2.63. The lowest BCUT2D eigenvalue weighted by atomic mass is 10.2. The van der Waals surface area contributed by atoms with Gasteiger partial charge in [0.25, 0.3) is 5.91 Å². The summed E-state index contributed by atoms with van der Waals surface area (Å²) in [4.78, 5) is 12.3. The number of benzene rings is 1. The number of hydrogen-bond donors (Lipinski definition) is 1. The van der Waals surface area contributed by atoms with Crippen molar-refractivity contribution in [3.8, 4) is 5.75 Å². The van der Waals surface area contributed by atoms with Crippen LogP contribution in [0.1, 0.15) is 12.5 Å². The monoisotopic (exact) mass is 290 g/mol. The number of nitrogens with two attached hydrogens (primary N) is 1. The number of ether oxygens (including phenoxy) is 1. The molecule has 0 heterocycles. The number of rotatable bonds is 6. The summed E-state index contributed by atoms with van der Waals surface area (Å²) in [5.41, 5.74) is 6.33. The molecule has 0 spiro atoms. The summed E-state index contributed by atoms with van der Waals surface area (Å²) in [6.07, 6.45) is -4.41. The van der Waals surface area contributed by atoms with E-state index in [0.717, 1.165) is 5.56 Å². The lowest BCUT2D eigenvalue weighted by Gasteiger charge is -2.22. The topological polar surface area (TPSA) is 55.6 Å². The van der Waals surface area contributed by atoms with E-state index in [4.69, 9.17) is 10.5 Å². The summed E-state index contributed by atoms with van der Waals surface area (Å²) in [5.74, 6) is -0.286. The minimum atomic E-state index is -4.41. The molecule has 4 nitrogen and oxygen atoms in total. The standard InChI is InChI=1S/C13H17F3N2O2/c1-2-18(9-13(14,15)16)12(19)8-20-11-5-3-10(7-17)4-6-11/h3-6H,2,7-9,17H2,1H3. The van der Waals surface area contributed by atoms with Gasteiger partial charge in [-0.1, -0.05) is 12.1 Å². The van der Waals surface area contributed by atoms with Gasteiger partial charge >= 0.3 is 6.18 Å². The summed E-state index contributed by atoms with van der Waals surface area (Å²) < 4.78 is 41.9. The molecular weight excluding hydrogens is 273 g/mol. The molecule has 7 heteroatoms. The van der Waals surface area contributed by atoms with E-state index in [1.165, 1.54) is 6.92 Å². The quantitative estimate of drug-likeness (QED) is 0.871. The minimum absolute atomic E-state index is 0.0200. The fraction of sp³-hybridized carbons (Fsp3) is 0.462. The first kappa shape index (κ1) is 16.3. The van der Waals surface area contributed by atoms with Crippen LogP contribution in [0.3, 0.4) is 0 Å². The number of alkyl halides is 3. The van der Waals surface area contributed by atoms with Gasteiger partial charge in [0.05, 0.1) is 0 Å². The summed E-state index contributed by atoms with van der Waals surface area (Å²) in [5, 5.41) is 0. The number of amides is 1. The lowest BCUT2D eigenvalue weighted by molar-refractivity contribution is -0.161. The van der Waals surface area contributed by atoms with Gasteiger partial charge in [-0.15, -0.1) is 0 Å². The van der Waals surface area contributed by atoms with Gasteiger partial charge in [-0.3, -0.25) is 4.79 Å². The predicted molar refractivity (Wildman–Crippen MR) is 68.1 cm³/mol. The Morgan fingerprint density at radius 1 is 1.30 bits per heavy atom. The fourth-order valence-corrected chi connectivity index (χ4v) is 1.55. The van der Waals surface area contributed by atoms with E-state index in [9.17, 15) is 18.0 Å². The molecule has 0 saturated heterocycles. The van der Waals surface area contributed by atoms with Crippen molar-refractivity contribution in [1.82, 2.24) is 4.90 Å². The molecule has 0 saturated carbocycles. The molecule has 112 valence electrons. The van der Waals surface area contributed by atoms with Crippen LogP contribution in [0, 0.1) is 0 Å². The highest BCUT2D eigenvalue weighted by Crippen LogP contribution is 2.17.